The monoisotopic (exact) mass is 376 g/mol. The molecule has 2 fully saturated rings. The summed E-state index contributed by atoms with van der Waals surface area (Å²) in [5.74, 6) is -2.82. The molecule has 2 aliphatic rings. The summed E-state index contributed by atoms with van der Waals surface area (Å²) in [6.07, 6.45) is -0.0692. The smallest absolute Gasteiger partial charge is 0.421 e. The second-order valence-corrected chi connectivity index (χ2v) is 7.75. The SMILES string of the molecule is CC1(C)CN(c2cc(F)c(OC(F)(F)CO)cc2F)[C@H]2CCCC[C@@H]2N1. The molecule has 1 saturated carbocycles. The van der Waals surface area contributed by atoms with E-state index in [0.717, 1.165) is 31.7 Å². The molecule has 0 spiro atoms. The Morgan fingerprint density at radius 3 is 2.62 bits per heavy atom. The first kappa shape index (κ1) is 19.2. The van der Waals surface area contributed by atoms with Crippen molar-refractivity contribution in [2.24, 2.45) is 0 Å². The number of hydrogen-bond acceptors (Lipinski definition) is 4. The number of anilines is 1. The van der Waals surface area contributed by atoms with Crippen LogP contribution in [0.15, 0.2) is 12.1 Å². The Kier molecular flexibility index (Phi) is 5.09. The van der Waals surface area contributed by atoms with Crippen molar-refractivity contribution < 1.29 is 27.4 Å². The quantitative estimate of drug-likeness (QED) is 0.791. The number of nitrogens with one attached hydrogen (secondary N) is 1. The average Bonchev–Trinajstić information content (AvgIpc) is 2.56. The lowest BCUT2D eigenvalue weighted by molar-refractivity contribution is -0.202. The second-order valence-electron chi connectivity index (χ2n) is 7.75. The molecule has 26 heavy (non-hydrogen) atoms. The van der Waals surface area contributed by atoms with Crippen LogP contribution in [-0.2, 0) is 0 Å². The minimum atomic E-state index is -3.97. The van der Waals surface area contributed by atoms with Gasteiger partial charge in [-0.1, -0.05) is 12.8 Å². The summed E-state index contributed by atoms with van der Waals surface area (Å²) >= 11 is 0. The number of ether oxygens (including phenoxy) is 1. The van der Waals surface area contributed by atoms with Crippen LogP contribution in [0.1, 0.15) is 39.5 Å². The summed E-state index contributed by atoms with van der Waals surface area (Å²) in [7, 11) is 0. The molecule has 0 unspecified atom stereocenters. The van der Waals surface area contributed by atoms with Gasteiger partial charge >= 0.3 is 6.11 Å². The Morgan fingerprint density at radius 2 is 1.92 bits per heavy atom. The molecule has 1 aliphatic carbocycles. The molecule has 146 valence electrons. The number of alkyl halides is 2. The van der Waals surface area contributed by atoms with E-state index in [0.29, 0.717) is 12.6 Å². The number of rotatable bonds is 4. The number of piperazine rings is 1. The van der Waals surface area contributed by atoms with E-state index in [1.165, 1.54) is 0 Å². The first-order valence-corrected chi connectivity index (χ1v) is 8.83. The van der Waals surface area contributed by atoms with Gasteiger partial charge in [-0.15, -0.1) is 0 Å². The minimum Gasteiger partial charge on any atom is -0.428 e. The van der Waals surface area contributed by atoms with E-state index in [4.69, 9.17) is 5.11 Å². The highest BCUT2D eigenvalue weighted by Crippen LogP contribution is 2.37. The molecule has 4 nitrogen and oxygen atoms in total. The number of halogens is 4. The molecule has 2 atom stereocenters. The van der Waals surface area contributed by atoms with Crippen molar-refractivity contribution in [1.82, 2.24) is 5.32 Å². The predicted octanol–water partition coefficient (Wildman–Crippen LogP) is 3.43. The summed E-state index contributed by atoms with van der Waals surface area (Å²) in [6, 6.07) is 1.73. The summed E-state index contributed by atoms with van der Waals surface area (Å²) in [6.45, 7) is 2.85. The van der Waals surface area contributed by atoms with Crippen LogP contribution >= 0.6 is 0 Å². The van der Waals surface area contributed by atoms with Gasteiger partial charge in [0.15, 0.2) is 11.6 Å². The van der Waals surface area contributed by atoms with Crippen molar-refractivity contribution in [3.63, 3.8) is 0 Å². The van der Waals surface area contributed by atoms with E-state index in [2.05, 4.69) is 10.1 Å². The second kappa shape index (κ2) is 6.88. The molecule has 1 aromatic carbocycles. The van der Waals surface area contributed by atoms with Gasteiger partial charge in [0.05, 0.1) is 5.69 Å². The maximum Gasteiger partial charge on any atom is 0.421 e. The van der Waals surface area contributed by atoms with Crippen molar-refractivity contribution in [3.8, 4) is 5.75 Å². The average molecular weight is 376 g/mol. The molecule has 0 aromatic heterocycles. The van der Waals surface area contributed by atoms with E-state index in [1.54, 1.807) is 0 Å². The summed E-state index contributed by atoms with van der Waals surface area (Å²) in [5, 5.41) is 12.1. The third kappa shape index (κ3) is 3.91. The topological polar surface area (TPSA) is 44.7 Å². The van der Waals surface area contributed by atoms with Crippen LogP contribution in [0.4, 0.5) is 23.2 Å². The fourth-order valence-electron chi connectivity index (χ4n) is 4.02. The Hall–Kier alpha value is -1.54. The maximum atomic E-state index is 14.7. The number of fused-ring (bicyclic) bond motifs is 1. The zero-order valence-electron chi connectivity index (χ0n) is 14.9. The molecule has 0 amide bonds. The highest BCUT2D eigenvalue weighted by molar-refractivity contribution is 5.53. The lowest BCUT2D eigenvalue weighted by Gasteiger charge is -2.52. The molecule has 1 aromatic rings. The zero-order valence-corrected chi connectivity index (χ0v) is 14.9. The third-order valence-corrected chi connectivity index (χ3v) is 5.03. The van der Waals surface area contributed by atoms with Crippen LogP contribution in [0, 0.1) is 11.6 Å². The predicted molar refractivity (Wildman–Crippen MR) is 89.6 cm³/mol. The van der Waals surface area contributed by atoms with Gasteiger partial charge in [-0.3, -0.25) is 0 Å². The third-order valence-electron chi connectivity index (χ3n) is 5.03. The van der Waals surface area contributed by atoms with Gasteiger partial charge in [0.1, 0.15) is 12.4 Å². The number of hydrogen-bond donors (Lipinski definition) is 2. The van der Waals surface area contributed by atoms with Gasteiger partial charge in [0.2, 0.25) is 0 Å². The van der Waals surface area contributed by atoms with Crippen LogP contribution in [0.25, 0.3) is 0 Å². The van der Waals surface area contributed by atoms with E-state index >= 15 is 0 Å². The molecule has 1 saturated heterocycles. The lowest BCUT2D eigenvalue weighted by atomic mass is 9.83. The Balaban J connectivity index is 1.93. The first-order chi connectivity index (χ1) is 12.1. The van der Waals surface area contributed by atoms with Crippen LogP contribution in [0.3, 0.4) is 0 Å². The molecular weight excluding hydrogens is 352 g/mol. The van der Waals surface area contributed by atoms with Crippen molar-refractivity contribution in [1.29, 1.82) is 0 Å². The molecule has 1 heterocycles. The van der Waals surface area contributed by atoms with Crippen molar-refractivity contribution >= 4 is 5.69 Å². The van der Waals surface area contributed by atoms with Crippen LogP contribution in [0.5, 0.6) is 5.75 Å². The van der Waals surface area contributed by atoms with Crippen molar-refractivity contribution in [2.45, 2.75) is 63.3 Å². The summed E-state index contributed by atoms with van der Waals surface area (Å²) in [5.41, 5.74) is -0.241. The fourth-order valence-corrected chi connectivity index (χ4v) is 4.02. The van der Waals surface area contributed by atoms with E-state index in [9.17, 15) is 17.6 Å². The molecule has 2 N–H and O–H groups in total. The molecule has 0 radical (unpaired) electrons. The normalized spacial score (nSPS) is 25.7. The van der Waals surface area contributed by atoms with Gasteiger partial charge in [0, 0.05) is 36.3 Å². The first-order valence-electron chi connectivity index (χ1n) is 8.83. The largest absolute Gasteiger partial charge is 0.428 e. The van der Waals surface area contributed by atoms with Gasteiger partial charge in [0.25, 0.3) is 0 Å². The number of aliphatic hydroxyl groups is 1. The molecule has 0 bridgehead atoms. The zero-order chi connectivity index (χ0) is 19.1. The molecule has 8 heteroatoms. The number of aliphatic hydroxyl groups excluding tert-OH is 1. The Bertz CT molecular complexity index is 669. The van der Waals surface area contributed by atoms with Crippen molar-refractivity contribution in [3.05, 3.63) is 23.8 Å². The Morgan fingerprint density at radius 1 is 1.23 bits per heavy atom. The van der Waals surface area contributed by atoms with Gasteiger partial charge < -0.3 is 20.1 Å². The fraction of sp³-hybridized carbons (Fsp3) is 0.667. The van der Waals surface area contributed by atoms with Crippen LogP contribution in [-0.4, -0.2) is 42.0 Å². The highest BCUT2D eigenvalue weighted by Gasteiger charge is 2.41. The number of benzene rings is 1. The summed E-state index contributed by atoms with van der Waals surface area (Å²) in [4.78, 5) is 1.84. The molecule has 3 rings (SSSR count). The summed E-state index contributed by atoms with van der Waals surface area (Å²) < 4.78 is 59.4. The standard InChI is InChI=1S/C18H24F4N2O2/c1-17(2)9-24(14-6-4-3-5-13(14)23-17)15-7-12(20)16(8-11(15)19)26-18(21,22)10-25/h7-8,13-14,23,25H,3-6,9-10H2,1-2H3/t13-,14-/m0/s1. The van der Waals surface area contributed by atoms with Gasteiger partial charge in [-0.05, 0) is 26.7 Å². The maximum absolute atomic E-state index is 14.7. The minimum absolute atomic E-state index is 0.0244. The molecular formula is C18H24F4N2O2. The van der Waals surface area contributed by atoms with E-state index < -0.39 is 30.1 Å². The highest BCUT2D eigenvalue weighted by atomic mass is 19.3. The van der Waals surface area contributed by atoms with Crippen molar-refractivity contribution in [2.75, 3.05) is 18.1 Å². The van der Waals surface area contributed by atoms with Crippen LogP contribution < -0.4 is 15.0 Å². The molecule has 1 aliphatic heterocycles. The van der Waals surface area contributed by atoms with Gasteiger partial charge in [-0.25, -0.2) is 8.78 Å². The van der Waals surface area contributed by atoms with Gasteiger partial charge in [-0.2, -0.15) is 8.78 Å². The lowest BCUT2D eigenvalue weighted by Crippen LogP contribution is -2.67. The van der Waals surface area contributed by atoms with Crippen LogP contribution in [0.2, 0.25) is 0 Å². The van der Waals surface area contributed by atoms with E-state index in [1.807, 2.05) is 18.7 Å². The number of nitrogens with zero attached hydrogens (tertiary/aromatic N) is 1. The van der Waals surface area contributed by atoms with E-state index in [-0.39, 0.29) is 23.3 Å². The Labute approximate surface area is 150 Å².